The summed E-state index contributed by atoms with van der Waals surface area (Å²) in [6.45, 7) is 0.317. The number of hydrogen-bond donors (Lipinski definition) is 2. The number of imidazole rings is 1. The molecule has 2 aromatic heterocycles. The van der Waals surface area contributed by atoms with Crippen molar-refractivity contribution in [3.05, 3.63) is 36.5 Å². The van der Waals surface area contributed by atoms with Crippen LogP contribution in [0.1, 0.15) is 5.82 Å². The summed E-state index contributed by atoms with van der Waals surface area (Å²) < 4.78 is 5.02. The van der Waals surface area contributed by atoms with Gasteiger partial charge < -0.3 is 14.8 Å². The van der Waals surface area contributed by atoms with Crippen LogP contribution in [0.3, 0.4) is 0 Å². The van der Waals surface area contributed by atoms with Crippen molar-refractivity contribution in [2.45, 2.75) is 5.41 Å². The number of H-pyrrole nitrogens is 1. The molecule has 92 valence electrons. The molecule has 3 rings (SSSR count). The van der Waals surface area contributed by atoms with Crippen molar-refractivity contribution in [1.82, 2.24) is 15.0 Å². The van der Waals surface area contributed by atoms with Crippen molar-refractivity contribution >= 4 is 5.97 Å². The number of hydrogen-bond acceptors (Lipinski definition) is 4. The molecule has 0 aromatic carbocycles. The summed E-state index contributed by atoms with van der Waals surface area (Å²) in [4.78, 5) is 22.5. The first-order chi connectivity index (χ1) is 8.72. The number of carbonyl (C=O) groups is 1. The van der Waals surface area contributed by atoms with Crippen molar-refractivity contribution in [2.75, 3.05) is 13.2 Å². The van der Waals surface area contributed by atoms with Crippen LogP contribution in [0, 0.1) is 0 Å². The Bertz CT molecular complexity index is 575. The van der Waals surface area contributed by atoms with E-state index in [0.717, 1.165) is 11.3 Å². The SMILES string of the molecule is O=C(O)C1(c2ncc(-c3ccncc3)[nH]2)COC1. The fraction of sp³-hybridized carbons (Fsp3) is 0.250. The second-order valence-corrected chi connectivity index (χ2v) is 4.26. The highest BCUT2D eigenvalue weighted by molar-refractivity contribution is 5.82. The molecule has 18 heavy (non-hydrogen) atoms. The number of pyridine rings is 1. The van der Waals surface area contributed by atoms with Crippen LogP contribution in [-0.4, -0.2) is 39.2 Å². The molecule has 1 saturated heterocycles. The van der Waals surface area contributed by atoms with Crippen LogP contribution in [0.2, 0.25) is 0 Å². The zero-order valence-corrected chi connectivity index (χ0v) is 9.46. The summed E-state index contributed by atoms with van der Waals surface area (Å²) in [6, 6.07) is 3.67. The third-order valence-corrected chi connectivity index (χ3v) is 3.13. The van der Waals surface area contributed by atoms with E-state index in [4.69, 9.17) is 4.74 Å². The molecule has 0 saturated carbocycles. The van der Waals surface area contributed by atoms with E-state index in [2.05, 4.69) is 15.0 Å². The predicted molar refractivity (Wildman–Crippen MR) is 62.0 cm³/mol. The Morgan fingerprint density at radius 1 is 1.39 bits per heavy atom. The molecule has 1 aliphatic rings. The summed E-state index contributed by atoms with van der Waals surface area (Å²) in [6.07, 6.45) is 4.98. The van der Waals surface area contributed by atoms with E-state index in [1.54, 1.807) is 18.6 Å². The number of carboxylic acid groups (broad SMARTS) is 1. The van der Waals surface area contributed by atoms with Crippen LogP contribution in [0.25, 0.3) is 11.3 Å². The van der Waals surface area contributed by atoms with Gasteiger partial charge in [0.2, 0.25) is 0 Å². The van der Waals surface area contributed by atoms with E-state index in [0.29, 0.717) is 5.82 Å². The van der Waals surface area contributed by atoms with Gasteiger partial charge in [-0.3, -0.25) is 9.78 Å². The summed E-state index contributed by atoms with van der Waals surface area (Å²) in [5.41, 5.74) is 0.676. The summed E-state index contributed by atoms with van der Waals surface area (Å²) in [7, 11) is 0. The number of nitrogens with zero attached hydrogens (tertiary/aromatic N) is 2. The van der Waals surface area contributed by atoms with Gasteiger partial charge in [-0.15, -0.1) is 0 Å². The smallest absolute Gasteiger partial charge is 0.322 e. The highest BCUT2D eigenvalue weighted by Crippen LogP contribution is 2.31. The molecular weight excluding hydrogens is 234 g/mol. The third-order valence-electron chi connectivity index (χ3n) is 3.13. The maximum absolute atomic E-state index is 11.3. The molecule has 1 fully saturated rings. The quantitative estimate of drug-likeness (QED) is 0.836. The molecular formula is C12H11N3O3. The van der Waals surface area contributed by atoms with Gasteiger partial charge in [0.25, 0.3) is 0 Å². The Labute approximate surface area is 103 Å². The molecule has 6 heteroatoms. The second kappa shape index (κ2) is 3.92. The molecule has 0 radical (unpaired) electrons. The summed E-state index contributed by atoms with van der Waals surface area (Å²) >= 11 is 0. The number of rotatable bonds is 3. The Balaban J connectivity index is 1.97. The van der Waals surface area contributed by atoms with Gasteiger partial charge in [0.15, 0.2) is 5.41 Å². The molecule has 0 spiro atoms. The van der Waals surface area contributed by atoms with Gasteiger partial charge in [0.05, 0.1) is 25.1 Å². The second-order valence-electron chi connectivity index (χ2n) is 4.26. The van der Waals surface area contributed by atoms with E-state index < -0.39 is 11.4 Å². The van der Waals surface area contributed by atoms with E-state index in [1.807, 2.05) is 12.1 Å². The topological polar surface area (TPSA) is 88.1 Å². The van der Waals surface area contributed by atoms with Gasteiger partial charge in [-0.05, 0) is 12.1 Å². The number of aromatic nitrogens is 3. The molecule has 0 atom stereocenters. The molecule has 2 aromatic rings. The fourth-order valence-electron chi connectivity index (χ4n) is 1.91. The standard InChI is InChI=1S/C12H11N3O3/c16-11(17)12(6-18-7-12)10-14-5-9(15-10)8-1-3-13-4-2-8/h1-5H,6-7H2,(H,14,15)(H,16,17). The lowest BCUT2D eigenvalue weighted by Crippen LogP contribution is -2.53. The van der Waals surface area contributed by atoms with Crippen LogP contribution >= 0.6 is 0 Å². The highest BCUT2D eigenvalue weighted by Gasteiger charge is 2.50. The van der Waals surface area contributed by atoms with Gasteiger partial charge >= 0.3 is 5.97 Å². The zero-order valence-electron chi connectivity index (χ0n) is 9.46. The number of ether oxygens (including phenoxy) is 1. The lowest BCUT2D eigenvalue weighted by molar-refractivity contribution is -0.163. The molecule has 3 heterocycles. The van der Waals surface area contributed by atoms with Crippen molar-refractivity contribution in [3.8, 4) is 11.3 Å². The minimum atomic E-state index is -1.02. The van der Waals surface area contributed by atoms with Crippen molar-refractivity contribution in [3.63, 3.8) is 0 Å². The highest BCUT2D eigenvalue weighted by atomic mass is 16.5. The average molecular weight is 245 g/mol. The summed E-state index contributed by atoms with van der Waals surface area (Å²) in [5.74, 6) is -0.475. The van der Waals surface area contributed by atoms with Crippen LogP contribution < -0.4 is 0 Å². The average Bonchev–Trinajstić information content (AvgIpc) is 2.78. The third kappa shape index (κ3) is 1.50. The monoisotopic (exact) mass is 245 g/mol. The predicted octanol–water partition coefficient (Wildman–Crippen LogP) is 0.824. The van der Waals surface area contributed by atoms with E-state index in [-0.39, 0.29) is 13.2 Å². The van der Waals surface area contributed by atoms with Crippen LogP contribution in [0.15, 0.2) is 30.7 Å². The van der Waals surface area contributed by atoms with Crippen molar-refractivity contribution < 1.29 is 14.6 Å². The lowest BCUT2D eigenvalue weighted by atomic mass is 9.85. The molecule has 1 aliphatic heterocycles. The Morgan fingerprint density at radius 3 is 2.67 bits per heavy atom. The van der Waals surface area contributed by atoms with Gasteiger partial charge in [0, 0.05) is 18.0 Å². The number of aliphatic carboxylic acids is 1. The maximum atomic E-state index is 11.3. The first-order valence-electron chi connectivity index (χ1n) is 5.49. The minimum absolute atomic E-state index is 0.158. The molecule has 0 bridgehead atoms. The Hall–Kier alpha value is -2.21. The molecule has 0 aliphatic carbocycles. The maximum Gasteiger partial charge on any atom is 0.322 e. The first-order valence-corrected chi connectivity index (χ1v) is 5.49. The van der Waals surface area contributed by atoms with Gasteiger partial charge in [-0.2, -0.15) is 0 Å². The van der Waals surface area contributed by atoms with Crippen LogP contribution in [0.5, 0.6) is 0 Å². The fourth-order valence-corrected chi connectivity index (χ4v) is 1.91. The van der Waals surface area contributed by atoms with Gasteiger partial charge in [-0.1, -0.05) is 0 Å². The number of aromatic amines is 1. The molecule has 2 N–H and O–H groups in total. The molecule has 0 unspecified atom stereocenters. The van der Waals surface area contributed by atoms with Crippen molar-refractivity contribution in [1.29, 1.82) is 0 Å². The first kappa shape index (κ1) is 10.9. The largest absolute Gasteiger partial charge is 0.480 e. The minimum Gasteiger partial charge on any atom is -0.480 e. The zero-order chi connectivity index (χ0) is 12.6. The molecule has 6 nitrogen and oxygen atoms in total. The van der Waals surface area contributed by atoms with Gasteiger partial charge in [-0.25, -0.2) is 4.98 Å². The van der Waals surface area contributed by atoms with E-state index >= 15 is 0 Å². The normalized spacial score (nSPS) is 17.1. The van der Waals surface area contributed by atoms with Crippen LogP contribution in [0.4, 0.5) is 0 Å². The molecule has 0 amide bonds. The van der Waals surface area contributed by atoms with Crippen molar-refractivity contribution in [2.24, 2.45) is 0 Å². The Morgan fingerprint density at radius 2 is 2.11 bits per heavy atom. The van der Waals surface area contributed by atoms with Crippen LogP contribution in [-0.2, 0) is 14.9 Å². The summed E-state index contributed by atoms with van der Waals surface area (Å²) in [5, 5.41) is 9.27. The lowest BCUT2D eigenvalue weighted by Gasteiger charge is -2.35. The number of carboxylic acids is 1. The number of nitrogens with one attached hydrogen (secondary N) is 1. The van der Waals surface area contributed by atoms with E-state index in [9.17, 15) is 9.90 Å². The van der Waals surface area contributed by atoms with Gasteiger partial charge in [0.1, 0.15) is 5.82 Å². The Kier molecular flexibility index (Phi) is 2.38. The van der Waals surface area contributed by atoms with E-state index in [1.165, 1.54) is 0 Å².